The third kappa shape index (κ3) is 2.64. The molecule has 1 aliphatic rings. The van der Waals surface area contributed by atoms with Crippen molar-refractivity contribution in [2.45, 2.75) is 19.8 Å². The zero-order valence-corrected chi connectivity index (χ0v) is 9.90. The fraction of sp³-hybridized carbons (Fsp3) is 0.385. The summed E-state index contributed by atoms with van der Waals surface area (Å²) in [5.41, 5.74) is 1.32. The summed E-state index contributed by atoms with van der Waals surface area (Å²) < 4.78 is 0. The van der Waals surface area contributed by atoms with Crippen molar-refractivity contribution < 1.29 is 9.59 Å². The molecule has 1 aromatic rings. The first-order valence-electron chi connectivity index (χ1n) is 5.90. The molecule has 1 saturated heterocycles. The maximum atomic E-state index is 11.9. The number of hydrogen-bond acceptors (Lipinski definition) is 2. The van der Waals surface area contributed by atoms with Gasteiger partial charge in [0.05, 0.1) is 0 Å². The average Bonchev–Trinajstić information content (AvgIpc) is 2.27. The van der Waals surface area contributed by atoms with Crippen LogP contribution in [0.15, 0.2) is 24.3 Å². The van der Waals surface area contributed by atoms with E-state index in [0.29, 0.717) is 17.7 Å². The topological polar surface area (TPSA) is 49.4 Å². The van der Waals surface area contributed by atoms with Crippen LogP contribution < -0.4 is 5.32 Å². The van der Waals surface area contributed by atoms with Crippen LogP contribution in [-0.2, 0) is 4.79 Å². The monoisotopic (exact) mass is 232 g/mol. The van der Waals surface area contributed by atoms with Crippen LogP contribution >= 0.6 is 0 Å². The number of benzene rings is 1. The Bertz CT molecular complexity index is 439. The Balaban J connectivity index is 2.10. The SMILES string of the molecule is CCC(=O)Nc1cccc(C(=O)N2CCC2)c1. The first kappa shape index (κ1) is 11.6. The van der Waals surface area contributed by atoms with E-state index in [1.165, 1.54) is 0 Å². The predicted molar refractivity (Wildman–Crippen MR) is 65.9 cm³/mol. The normalized spacial score (nSPS) is 14.1. The molecule has 4 heteroatoms. The summed E-state index contributed by atoms with van der Waals surface area (Å²) in [6.07, 6.45) is 1.52. The maximum absolute atomic E-state index is 11.9. The molecule has 1 aliphatic heterocycles. The van der Waals surface area contributed by atoms with Gasteiger partial charge in [-0.3, -0.25) is 9.59 Å². The number of anilines is 1. The average molecular weight is 232 g/mol. The van der Waals surface area contributed by atoms with Crippen LogP contribution in [0.4, 0.5) is 5.69 Å². The minimum atomic E-state index is -0.0430. The lowest BCUT2D eigenvalue weighted by molar-refractivity contribution is -0.115. The molecule has 17 heavy (non-hydrogen) atoms. The molecule has 0 aliphatic carbocycles. The number of nitrogens with one attached hydrogen (secondary N) is 1. The number of nitrogens with zero attached hydrogens (tertiary/aromatic N) is 1. The van der Waals surface area contributed by atoms with Crippen molar-refractivity contribution in [3.8, 4) is 0 Å². The second-order valence-electron chi connectivity index (χ2n) is 4.13. The van der Waals surface area contributed by atoms with Crippen LogP contribution in [0.2, 0.25) is 0 Å². The molecule has 0 bridgehead atoms. The lowest BCUT2D eigenvalue weighted by Crippen LogP contribution is -2.42. The maximum Gasteiger partial charge on any atom is 0.253 e. The van der Waals surface area contributed by atoms with E-state index in [1.807, 2.05) is 0 Å². The van der Waals surface area contributed by atoms with E-state index >= 15 is 0 Å². The highest BCUT2D eigenvalue weighted by atomic mass is 16.2. The minimum absolute atomic E-state index is 0.0430. The molecule has 2 rings (SSSR count). The number of amides is 2. The summed E-state index contributed by atoms with van der Waals surface area (Å²) in [7, 11) is 0. The quantitative estimate of drug-likeness (QED) is 0.865. The first-order valence-corrected chi connectivity index (χ1v) is 5.90. The molecule has 2 amide bonds. The van der Waals surface area contributed by atoms with Gasteiger partial charge in [-0.15, -0.1) is 0 Å². The molecule has 1 aromatic carbocycles. The van der Waals surface area contributed by atoms with Gasteiger partial charge in [-0.05, 0) is 24.6 Å². The van der Waals surface area contributed by atoms with Crippen LogP contribution in [0, 0.1) is 0 Å². The van der Waals surface area contributed by atoms with E-state index in [9.17, 15) is 9.59 Å². The smallest absolute Gasteiger partial charge is 0.253 e. The van der Waals surface area contributed by atoms with Crippen molar-refractivity contribution in [1.29, 1.82) is 0 Å². The molecule has 90 valence electrons. The number of carbonyl (C=O) groups excluding carboxylic acids is 2. The molecule has 1 heterocycles. The molecular formula is C13H16N2O2. The van der Waals surface area contributed by atoms with E-state index in [1.54, 1.807) is 36.1 Å². The number of hydrogen-bond donors (Lipinski definition) is 1. The van der Waals surface area contributed by atoms with Crippen molar-refractivity contribution in [3.05, 3.63) is 29.8 Å². The third-order valence-corrected chi connectivity index (χ3v) is 2.86. The Hall–Kier alpha value is -1.84. The second kappa shape index (κ2) is 4.99. The Morgan fingerprint density at radius 1 is 1.35 bits per heavy atom. The van der Waals surface area contributed by atoms with Gasteiger partial charge < -0.3 is 10.2 Å². The fourth-order valence-electron chi connectivity index (χ4n) is 1.68. The molecule has 1 N–H and O–H groups in total. The number of carbonyl (C=O) groups is 2. The third-order valence-electron chi connectivity index (χ3n) is 2.86. The van der Waals surface area contributed by atoms with Gasteiger partial charge in [0.25, 0.3) is 5.91 Å². The van der Waals surface area contributed by atoms with Gasteiger partial charge >= 0.3 is 0 Å². The van der Waals surface area contributed by atoms with Gasteiger partial charge in [0.15, 0.2) is 0 Å². The summed E-state index contributed by atoms with van der Waals surface area (Å²) in [5, 5.41) is 2.75. The number of rotatable bonds is 3. The van der Waals surface area contributed by atoms with Crippen LogP contribution in [0.5, 0.6) is 0 Å². The second-order valence-corrected chi connectivity index (χ2v) is 4.13. The van der Waals surface area contributed by atoms with Crippen molar-refractivity contribution >= 4 is 17.5 Å². The van der Waals surface area contributed by atoms with E-state index in [2.05, 4.69) is 5.32 Å². The summed E-state index contributed by atoms with van der Waals surface area (Å²) in [4.78, 5) is 25.0. The first-order chi connectivity index (χ1) is 8.20. The predicted octanol–water partition coefficient (Wildman–Crippen LogP) is 1.88. The molecular weight excluding hydrogens is 216 g/mol. The standard InChI is InChI=1S/C13H16N2O2/c1-2-12(16)14-11-6-3-5-10(9-11)13(17)15-7-4-8-15/h3,5-6,9H,2,4,7-8H2,1H3,(H,14,16). The van der Waals surface area contributed by atoms with Gasteiger partial charge in [-0.1, -0.05) is 13.0 Å². The van der Waals surface area contributed by atoms with Crippen LogP contribution in [0.25, 0.3) is 0 Å². The molecule has 0 spiro atoms. The minimum Gasteiger partial charge on any atom is -0.339 e. The fourth-order valence-corrected chi connectivity index (χ4v) is 1.68. The van der Waals surface area contributed by atoms with Gasteiger partial charge in [-0.2, -0.15) is 0 Å². The van der Waals surface area contributed by atoms with E-state index < -0.39 is 0 Å². The lowest BCUT2D eigenvalue weighted by atomic mass is 10.1. The van der Waals surface area contributed by atoms with Gasteiger partial charge in [0, 0.05) is 30.8 Å². The molecule has 0 saturated carbocycles. The zero-order valence-electron chi connectivity index (χ0n) is 9.90. The molecule has 0 unspecified atom stereocenters. The summed E-state index contributed by atoms with van der Waals surface area (Å²) in [5.74, 6) is 0.00222. The van der Waals surface area contributed by atoms with E-state index in [4.69, 9.17) is 0 Å². The van der Waals surface area contributed by atoms with Crippen molar-refractivity contribution in [2.75, 3.05) is 18.4 Å². The van der Waals surface area contributed by atoms with Crippen LogP contribution in [0.3, 0.4) is 0 Å². The molecule has 0 radical (unpaired) electrons. The molecule has 1 fully saturated rings. The molecule has 0 atom stereocenters. The van der Waals surface area contributed by atoms with Crippen LogP contribution in [-0.4, -0.2) is 29.8 Å². The van der Waals surface area contributed by atoms with Crippen molar-refractivity contribution in [3.63, 3.8) is 0 Å². The Kier molecular flexibility index (Phi) is 3.42. The van der Waals surface area contributed by atoms with Crippen LogP contribution in [0.1, 0.15) is 30.1 Å². The van der Waals surface area contributed by atoms with Crippen molar-refractivity contribution in [2.24, 2.45) is 0 Å². The van der Waals surface area contributed by atoms with Gasteiger partial charge in [0.1, 0.15) is 0 Å². The van der Waals surface area contributed by atoms with E-state index in [-0.39, 0.29) is 11.8 Å². The summed E-state index contributed by atoms with van der Waals surface area (Å²) in [6, 6.07) is 7.09. The van der Waals surface area contributed by atoms with Gasteiger partial charge in [0.2, 0.25) is 5.91 Å². The van der Waals surface area contributed by atoms with Gasteiger partial charge in [-0.25, -0.2) is 0 Å². The highest BCUT2D eigenvalue weighted by molar-refractivity contribution is 5.97. The molecule has 0 aromatic heterocycles. The summed E-state index contributed by atoms with van der Waals surface area (Å²) >= 11 is 0. The zero-order chi connectivity index (χ0) is 12.3. The van der Waals surface area contributed by atoms with Crippen molar-refractivity contribution in [1.82, 2.24) is 4.90 Å². The van der Waals surface area contributed by atoms with E-state index in [0.717, 1.165) is 19.5 Å². The largest absolute Gasteiger partial charge is 0.339 e. The lowest BCUT2D eigenvalue weighted by Gasteiger charge is -2.31. The molecule has 4 nitrogen and oxygen atoms in total. The Morgan fingerprint density at radius 3 is 2.71 bits per heavy atom. The Labute approximate surface area is 101 Å². The highest BCUT2D eigenvalue weighted by Gasteiger charge is 2.21. The number of likely N-dealkylation sites (tertiary alicyclic amines) is 1. The summed E-state index contributed by atoms with van der Waals surface area (Å²) in [6.45, 7) is 3.47. The Morgan fingerprint density at radius 2 is 2.12 bits per heavy atom. The highest BCUT2D eigenvalue weighted by Crippen LogP contribution is 2.16.